The van der Waals surface area contributed by atoms with E-state index in [-0.39, 0.29) is 42.4 Å². The molecule has 2 N–H and O–H groups in total. The highest BCUT2D eigenvalue weighted by Gasteiger charge is 2.13. The Balaban J connectivity index is 0.00000342. The number of anilines is 2. The Labute approximate surface area is 231 Å². The van der Waals surface area contributed by atoms with Gasteiger partial charge < -0.3 is 19.3 Å². The van der Waals surface area contributed by atoms with E-state index in [1.807, 2.05) is 104 Å². The van der Waals surface area contributed by atoms with Gasteiger partial charge in [0.2, 0.25) is 11.8 Å². The SMILES string of the molecule is CCOC(=N)c1ccc(N(C)Cc2cccc(CN(C)c3ccc(C(=N)OCC)cc3)c2F)cc1.Cl.Cl. The van der Waals surface area contributed by atoms with Gasteiger partial charge in [-0.3, -0.25) is 10.8 Å². The first-order valence-corrected chi connectivity index (χ1v) is 11.7. The summed E-state index contributed by atoms with van der Waals surface area (Å²) >= 11 is 0. The predicted octanol–water partition coefficient (Wildman–Crippen LogP) is 6.67. The fourth-order valence-corrected chi connectivity index (χ4v) is 3.76. The van der Waals surface area contributed by atoms with Gasteiger partial charge in [0.15, 0.2) is 0 Å². The molecule has 0 aliphatic carbocycles. The van der Waals surface area contributed by atoms with E-state index >= 15 is 4.39 Å². The maximum absolute atomic E-state index is 15.4. The fourth-order valence-electron chi connectivity index (χ4n) is 3.76. The van der Waals surface area contributed by atoms with Gasteiger partial charge in [-0.05, 0) is 62.4 Å². The van der Waals surface area contributed by atoms with E-state index in [0.717, 1.165) is 11.4 Å². The molecule has 200 valence electrons. The molecule has 3 aromatic carbocycles. The Bertz CT molecular complexity index is 1070. The number of rotatable bonds is 10. The Morgan fingerprint density at radius 1 is 0.676 bits per heavy atom. The highest BCUT2D eigenvalue weighted by atomic mass is 35.5. The summed E-state index contributed by atoms with van der Waals surface area (Å²) in [4.78, 5) is 3.96. The third-order valence-corrected chi connectivity index (χ3v) is 5.69. The molecule has 0 fully saturated rings. The summed E-state index contributed by atoms with van der Waals surface area (Å²) in [6.07, 6.45) is 0. The number of hydrogen-bond donors (Lipinski definition) is 2. The van der Waals surface area contributed by atoms with E-state index in [2.05, 4.69) is 0 Å². The lowest BCUT2D eigenvalue weighted by Gasteiger charge is -2.23. The summed E-state index contributed by atoms with van der Waals surface area (Å²) in [5.41, 5.74) is 4.51. The zero-order chi connectivity index (χ0) is 25.4. The van der Waals surface area contributed by atoms with E-state index in [1.54, 1.807) is 0 Å². The molecule has 0 aliphatic rings. The maximum Gasteiger partial charge on any atom is 0.213 e. The van der Waals surface area contributed by atoms with Gasteiger partial charge in [-0.1, -0.05) is 18.2 Å². The average molecular weight is 550 g/mol. The molecule has 0 bridgehead atoms. The summed E-state index contributed by atoms with van der Waals surface area (Å²) in [7, 11) is 3.84. The standard InChI is InChI=1S/C28H33FN4O2.2ClH/c1-5-34-27(30)20-10-14-24(15-11-20)32(3)18-22-8-7-9-23(26(22)29)19-33(4)25-16-12-21(13-17-25)28(31)35-6-2;;/h7-17,30-31H,5-6,18-19H2,1-4H3;2*1H. The van der Waals surface area contributed by atoms with Crippen molar-refractivity contribution in [1.29, 1.82) is 10.8 Å². The van der Waals surface area contributed by atoms with Crippen molar-refractivity contribution >= 4 is 48.0 Å². The lowest BCUT2D eigenvalue weighted by atomic mass is 10.1. The molecule has 0 saturated heterocycles. The fraction of sp³-hybridized carbons (Fsp3) is 0.286. The van der Waals surface area contributed by atoms with Crippen molar-refractivity contribution < 1.29 is 13.9 Å². The van der Waals surface area contributed by atoms with Crippen LogP contribution in [0.2, 0.25) is 0 Å². The van der Waals surface area contributed by atoms with Gasteiger partial charge in [-0.25, -0.2) is 4.39 Å². The summed E-state index contributed by atoms with van der Waals surface area (Å²) in [5.74, 6) is 0.0780. The highest BCUT2D eigenvalue weighted by Crippen LogP contribution is 2.23. The molecule has 37 heavy (non-hydrogen) atoms. The van der Waals surface area contributed by atoms with Gasteiger partial charge in [0.05, 0.1) is 13.2 Å². The topological polar surface area (TPSA) is 72.6 Å². The molecule has 3 aromatic rings. The summed E-state index contributed by atoms with van der Waals surface area (Å²) in [6.45, 7) is 5.44. The number of ether oxygens (including phenoxy) is 2. The van der Waals surface area contributed by atoms with Crippen molar-refractivity contribution in [2.45, 2.75) is 26.9 Å². The van der Waals surface area contributed by atoms with Crippen LogP contribution in [0.3, 0.4) is 0 Å². The number of nitrogens with zero attached hydrogens (tertiary/aromatic N) is 2. The molecule has 0 amide bonds. The molecule has 6 nitrogen and oxygen atoms in total. The van der Waals surface area contributed by atoms with Crippen LogP contribution >= 0.6 is 24.8 Å². The second-order valence-electron chi connectivity index (χ2n) is 8.22. The molecule has 0 unspecified atom stereocenters. The molecule has 0 heterocycles. The second-order valence-corrected chi connectivity index (χ2v) is 8.22. The van der Waals surface area contributed by atoms with Crippen molar-refractivity contribution in [3.05, 3.63) is 94.8 Å². The number of benzene rings is 3. The van der Waals surface area contributed by atoms with Crippen LogP contribution in [0, 0.1) is 16.6 Å². The van der Waals surface area contributed by atoms with E-state index < -0.39 is 0 Å². The lowest BCUT2D eigenvalue weighted by molar-refractivity contribution is 0.325. The summed E-state index contributed by atoms with van der Waals surface area (Å²) < 4.78 is 25.9. The van der Waals surface area contributed by atoms with Gasteiger partial charge in [-0.15, -0.1) is 24.8 Å². The van der Waals surface area contributed by atoms with Crippen molar-refractivity contribution in [1.82, 2.24) is 0 Å². The third kappa shape index (κ3) is 8.37. The minimum Gasteiger partial charge on any atom is -0.478 e. The van der Waals surface area contributed by atoms with E-state index in [0.29, 0.717) is 48.6 Å². The van der Waals surface area contributed by atoms with Crippen LogP contribution < -0.4 is 9.80 Å². The van der Waals surface area contributed by atoms with Crippen LogP contribution in [0.15, 0.2) is 66.7 Å². The van der Waals surface area contributed by atoms with E-state index in [4.69, 9.17) is 20.3 Å². The normalized spacial score (nSPS) is 9.97. The van der Waals surface area contributed by atoms with Crippen molar-refractivity contribution in [3.8, 4) is 0 Å². The minimum atomic E-state index is -0.212. The van der Waals surface area contributed by atoms with Crippen LogP contribution in [-0.4, -0.2) is 39.1 Å². The van der Waals surface area contributed by atoms with Crippen molar-refractivity contribution in [2.24, 2.45) is 0 Å². The van der Waals surface area contributed by atoms with Gasteiger partial charge in [0.1, 0.15) is 5.82 Å². The third-order valence-electron chi connectivity index (χ3n) is 5.69. The Morgan fingerprint density at radius 2 is 1.03 bits per heavy atom. The first-order valence-electron chi connectivity index (χ1n) is 11.7. The molecule has 0 radical (unpaired) electrons. The molecule has 0 saturated carbocycles. The Kier molecular flexibility index (Phi) is 12.9. The van der Waals surface area contributed by atoms with Crippen LogP contribution in [0.1, 0.15) is 36.1 Å². The first-order chi connectivity index (χ1) is 16.8. The molecule has 0 aliphatic heterocycles. The monoisotopic (exact) mass is 548 g/mol. The van der Waals surface area contributed by atoms with E-state index in [1.165, 1.54) is 0 Å². The summed E-state index contributed by atoms with van der Waals surface area (Å²) in [6, 6.07) is 20.5. The van der Waals surface area contributed by atoms with E-state index in [9.17, 15) is 0 Å². The maximum atomic E-state index is 15.4. The molecule has 9 heteroatoms. The number of nitrogens with one attached hydrogen (secondary N) is 2. The van der Waals surface area contributed by atoms with Gasteiger partial charge in [0.25, 0.3) is 0 Å². The molecule has 0 atom stereocenters. The molecule has 0 aromatic heterocycles. The molecule has 0 spiro atoms. The molecular formula is C28H35Cl2FN4O2. The zero-order valence-corrected chi connectivity index (χ0v) is 23.2. The zero-order valence-electron chi connectivity index (χ0n) is 21.6. The first kappa shape index (κ1) is 31.7. The largest absolute Gasteiger partial charge is 0.478 e. The average Bonchev–Trinajstić information content (AvgIpc) is 2.87. The second kappa shape index (κ2) is 15.1. The lowest BCUT2D eigenvalue weighted by Crippen LogP contribution is -2.20. The highest BCUT2D eigenvalue weighted by molar-refractivity contribution is 5.92. The smallest absolute Gasteiger partial charge is 0.213 e. The van der Waals surface area contributed by atoms with Crippen LogP contribution in [0.4, 0.5) is 15.8 Å². The number of hydrogen-bond acceptors (Lipinski definition) is 6. The van der Waals surface area contributed by atoms with Crippen LogP contribution in [0.5, 0.6) is 0 Å². The molecular weight excluding hydrogens is 514 g/mol. The van der Waals surface area contributed by atoms with Crippen LogP contribution in [0.25, 0.3) is 0 Å². The Hall–Kier alpha value is -3.29. The quantitative estimate of drug-likeness (QED) is 0.219. The van der Waals surface area contributed by atoms with Gasteiger partial charge in [0, 0.05) is 60.8 Å². The van der Waals surface area contributed by atoms with Crippen molar-refractivity contribution in [2.75, 3.05) is 37.1 Å². The predicted molar refractivity (Wildman–Crippen MR) is 155 cm³/mol. The van der Waals surface area contributed by atoms with Gasteiger partial charge in [-0.2, -0.15) is 0 Å². The molecule has 3 rings (SSSR count). The van der Waals surface area contributed by atoms with Crippen molar-refractivity contribution in [3.63, 3.8) is 0 Å². The van der Waals surface area contributed by atoms with Crippen LogP contribution in [-0.2, 0) is 22.6 Å². The minimum absolute atomic E-state index is 0. The van der Waals surface area contributed by atoms with Gasteiger partial charge >= 0.3 is 0 Å². The number of halogens is 3. The Morgan fingerprint density at radius 3 is 1.35 bits per heavy atom. The summed E-state index contributed by atoms with van der Waals surface area (Å²) in [5, 5.41) is 15.8.